The van der Waals surface area contributed by atoms with Crippen LogP contribution in [-0.4, -0.2) is 45.0 Å². The molecule has 0 saturated heterocycles. The highest BCUT2D eigenvalue weighted by atomic mass is 32.2. The average molecular weight is 486 g/mol. The van der Waals surface area contributed by atoms with Gasteiger partial charge in [0.1, 0.15) is 11.5 Å². The number of aryl methyl sites for hydroxylation is 2. The number of oxazole rings is 1. The number of thioether (sulfide) groups is 1. The number of hydrogen-bond acceptors (Lipinski definition) is 8. The van der Waals surface area contributed by atoms with E-state index in [1.54, 1.807) is 40.2 Å². The Morgan fingerprint density at radius 1 is 0.912 bits per heavy atom. The second-order valence-corrected chi connectivity index (χ2v) is 8.65. The first-order valence-corrected chi connectivity index (χ1v) is 12.1. The first kappa shape index (κ1) is 25.5. The maximum absolute atomic E-state index is 12.4. The molecule has 0 saturated carbocycles. The second kappa shape index (κ2) is 12.4. The van der Waals surface area contributed by atoms with Crippen molar-refractivity contribution in [1.29, 1.82) is 0 Å². The molecule has 0 atom stereocenters. The van der Waals surface area contributed by atoms with Crippen molar-refractivity contribution in [3.63, 3.8) is 0 Å². The van der Waals surface area contributed by atoms with Crippen LogP contribution in [0.25, 0.3) is 11.5 Å². The monoisotopic (exact) mass is 485 g/mol. The van der Waals surface area contributed by atoms with E-state index in [0.717, 1.165) is 35.4 Å². The lowest BCUT2D eigenvalue weighted by molar-refractivity contribution is -0.116. The maximum Gasteiger partial charge on any atom is 0.226 e. The van der Waals surface area contributed by atoms with Crippen LogP contribution < -0.4 is 18.9 Å². The van der Waals surface area contributed by atoms with Gasteiger partial charge in [-0.3, -0.25) is 4.79 Å². The predicted octanol–water partition coefficient (Wildman–Crippen LogP) is 5.51. The Morgan fingerprint density at radius 3 is 2.24 bits per heavy atom. The van der Waals surface area contributed by atoms with Crippen molar-refractivity contribution in [3.05, 3.63) is 53.4 Å². The molecule has 3 aromatic rings. The standard InChI is InChI=1S/C26H31NO6S/c1-17-21(27-26(33-17)19-10-12-23(30-3)25(14-19)32-5)16-34-15-20(28)8-6-7-18-9-11-22(29-2)24(13-18)31-4/h9-14H,6-8,15-16H2,1-5H3. The molecule has 0 spiro atoms. The van der Waals surface area contributed by atoms with Crippen molar-refractivity contribution in [2.24, 2.45) is 0 Å². The number of carbonyl (C=O) groups excluding carboxylic acids is 1. The molecule has 3 rings (SSSR count). The molecule has 0 unspecified atom stereocenters. The average Bonchev–Trinajstić information content (AvgIpc) is 3.23. The van der Waals surface area contributed by atoms with E-state index in [0.29, 0.717) is 46.8 Å². The fourth-order valence-electron chi connectivity index (χ4n) is 3.51. The molecular formula is C26H31NO6S. The molecule has 8 heteroatoms. The van der Waals surface area contributed by atoms with E-state index in [4.69, 9.17) is 23.4 Å². The molecule has 0 N–H and O–H groups in total. The quantitative estimate of drug-likeness (QED) is 0.314. The van der Waals surface area contributed by atoms with Gasteiger partial charge >= 0.3 is 0 Å². The highest BCUT2D eigenvalue weighted by molar-refractivity contribution is 7.99. The minimum Gasteiger partial charge on any atom is -0.493 e. The number of nitrogens with zero attached hydrogens (tertiary/aromatic N) is 1. The van der Waals surface area contributed by atoms with Crippen LogP contribution in [0.5, 0.6) is 23.0 Å². The Balaban J connectivity index is 1.47. The largest absolute Gasteiger partial charge is 0.493 e. The van der Waals surface area contributed by atoms with E-state index < -0.39 is 0 Å². The molecular weight excluding hydrogens is 454 g/mol. The lowest BCUT2D eigenvalue weighted by Gasteiger charge is -2.09. The maximum atomic E-state index is 12.4. The second-order valence-electron chi connectivity index (χ2n) is 7.67. The van der Waals surface area contributed by atoms with E-state index in [-0.39, 0.29) is 5.78 Å². The van der Waals surface area contributed by atoms with Crippen molar-refractivity contribution in [3.8, 4) is 34.5 Å². The summed E-state index contributed by atoms with van der Waals surface area (Å²) in [6.45, 7) is 1.89. The van der Waals surface area contributed by atoms with Gasteiger partial charge in [0.2, 0.25) is 5.89 Å². The molecule has 2 aromatic carbocycles. The summed E-state index contributed by atoms with van der Waals surface area (Å²) in [7, 11) is 6.43. The van der Waals surface area contributed by atoms with Gasteiger partial charge in [-0.25, -0.2) is 4.98 Å². The summed E-state index contributed by atoms with van der Waals surface area (Å²) in [6, 6.07) is 11.4. The molecule has 0 aliphatic heterocycles. The van der Waals surface area contributed by atoms with Crippen LogP contribution in [0.15, 0.2) is 40.8 Å². The minimum atomic E-state index is 0.228. The molecule has 1 heterocycles. The molecule has 182 valence electrons. The molecule has 1 aromatic heterocycles. The first-order chi connectivity index (χ1) is 16.5. The highest BCUT2D eigenvalue weighted by Crippen LogP contribution is 2.33. The van der Waals surface area contributed by atoms with Crippen LogP contribution in [0.1, 0.15) is 29.9 Å². The third kappa shape index (κ3) is 6.47. The van der Waals surface area contributed by atoms with Crippen LogP contribution in [0.2, 0.25) is 0 Å². The lowest BCUT2D eigenvalue weighted by atomic mass is 10.1. The number of Topliss-reactive ketones (excluding diaryl/α,β-unsaturated/α-hetero) is 1. The van der Waals surface area contributed by atoms with Gasteiger partial charge in [-0.1, -0.05) is 6.07 Å². The summed E-state index contributed by atoms with van der Waals surface area (Å²) in [6.07, 6.45) is 2.14. The lowest BCUT2D eigenvalue weighted by Crippen LogP contribution is -2.03. The van der Waals surface area contributed by atoms with Gasteiger partial charge in [0.25, 0.3) is 0 Å². The third-order valence-electron chi connectivity index (χ3n) is 5.39. The summed E-state index contributed by atoms with van der Waals surface area (Å²) >= 11 is 1.55. The SMILES string of the molecule is COc1ccc(CCCC(=O)CSCc2nc(-c3ccc(OC)c(OC)c3)oc2C)cc1OC. The van der Waals surface area contributed by atoms with E-state index in [1.807, 2.05) is 43.3 Å². The molecule has 0 bridgehead atoms. The van der Waals surface area contributed by atoms with Crippen molar-refractivity contribution in [2.75, 3.05) is 34.2 Å². The zero-order valence-corrected chi connectivity index (χ0v) is 21.1. The summed E-state index contributed by atoms with van der Waals surface area (Å²) in [5.41, 5.74) is 2.77. The number of ketones is 1. The van der Waals surface area contributed by atoms with E-state index >= 15 is 0 Å². The van der Waals surface area contributed by atoms with E-state index in [1.165, 1.54) is 0 Å². The van der Waals surface area contributed by atoms with Gasteiger partial charge in [-0.05, 0) is 55.7 Å². The Labute approximate surface area is 204 Å². The van der Waals surface area contributed by atoms with E-state index in [9.17, 15) is 4.79 Å². The van der Waals surface area contributed by atoms with Gasteiger partial charge in [-0.2, -0.15) is 0 Å². The van der Waals surface area contributed by atoms with Gasteiger partial charge < -0.3 is 23.4 Å². The zero-order chi connectivity index (χ0) is 24.5. The fraction of sp³-hybridized carbons (Fsp3) is 0.385. The van der Waals surface area contributed by atoms with Gasteiger partial charge in [0.15, 0.2) is 23.0 Å². The molecule has 0 aliphatic carbocycles. The molecule has 0 aliphatic rings. The number of hydrogen-bond donors (Lipinski definition) is 0. The first-order valence-electron chi connectivity index (χ1n) is 11.0. The minimum absolute atomic E-state index is 0.228. The Bertz CT molecular complexity index is 1110. The number of aromatic nitrogens is 1. The predicted molar refractivity (Wildman–Crippen MR) is 133 cm³/mol. The van der Waals surface area contributed by atoms with Gasteiger partial charge in [0.05, 0.1) is 39.9 Å². The van der Waals surface area contributed by atoms with Crippen LogP contribution in [0, 0.1) is 6.92 Å². The smallest absolute Gasteiger partial charge is 0.226 e. The molecule has 0 amide bonds. The molecule has 7 nitrogen and oxygen atoms in total. The van der Waals surface area contributed by atoms with Gasteiger partial charge in [0, 0.05) is 17.7 Å². The normalized spacial score (nSPS) is 10.7. The number of carbonyl (C=O) groups is 1. The number of benzene rings is 2. The Morgan fingerprint density at radius 2 is 1.56 bits per heavy atom. The zero-order valence-electron chi connectivity index (χ0n) is 20.3. The Kier molecular flexibility index (Phi) is 9.27. The van der Waals surface area contributed by atoms with Crippen molar-refractivity contribution in [1.82, 2.24) is 4.98 Å². The third-order valence-corrected chi connectivity index (χ3v) is 6.40. The molecule has 0 fully saturated rings. The molecule has 34 heavy (non-hydrogen) atoms. The van der Waals surface area contributed by atoms with Crippen LogP contribution >= 0.6 is 11.8 Å². The number of rotatable bonds is 13. The van der Waals surface area contributed by atoms with Crippen molar-refractivity contribution < 1.29 is 28.2 Å². The van der Waals surface area contributed by atoms with Crippen LogP contribution in [0.4, 0.5) is 0 Å². The topological polar surface area (TPSA) is 80.0 Å². The van der Waals surface area contributed by atoms with E-state index in [2.05, 4.69) is 4.98 Å². The van der Waals surface area contributed by atoms with Crippen LogP contribution in [-0.2, 0) is 17.0 Å². The molecule has 0 radical (unpaired) electrons. The number of methoxy groups -OCH3 is 4. The summed E-state index contributed by atoms with van der Waals surface area (Å²) in [5, 5.41) is 0. The van der Waals surface area contributed by atoms with Crippen molar-refractivity contribution >= 4 is 17.5 Å². The summed E-state index contributed by atoms with van der Waals surface area (Å²) in [5.74, 6) is 5.24. The van der Waals surface area contributed by atoms with Crippen LogP contribution in [0.3, 0.4) is 0 Å². The van der Waals surface area contributed by atoms with Crippen molar-refractivity contribution in [2.45, 2.75) is 31.9 Å². The van der Waals surface area contributed by atoms with Gasteiger partial charge in [-0.15, -0.1) is 11.8 Å². The highest BCUT2D eigenvalue weighted by Gasteiger charge is 2.15. The fourth-order valence-corrected chi connectivity index (χ4v) is 4.45. The summed E-state index contributed by atoms with van der Waals surface area (Å²) in [4.78, 5) is 17.0. The number of ether oxygens (including phenoxy) is 4. The summed E-state index contributed by atoms with van der Waals surface area (Å²) < 4.78 is 27.1. The Hall–Kier alpha value is -3.13.